The fourth-order valence-corrected chi connectivity index (χ4v) is 2.19. The molecule has 1 fully saturated rings. The van der Waals surface area contributed by atoms with Crippen molar-refractivity contribution in [3.63, 3.8) is 0 Å². The van der Waals surface area contributed by atoms with Crippen molar-refractivity contribution in [1.82, 2.24) is 10.6 Å². The fraction of sp³-hybridized carbons (Fsp3) is 0.500. The molecule has 1 atom stereocenters. The minimum atomic E-state index is -0.0951. The van der Waals surface area contributed by atoms with Crippen LogP contribution in [0.25, 0.3) is 0 Å². The molecule has 1 amide bonds. The summed E-state index contributed by atoms with van der Waals surface area (Å²) in [6.45, 7) is 1.75. The summed E-state index contributed by atoms with van der Waals surface area (Å²) in [5, 5.41) is 6.92. The summed E-state index contributed by atoms with van der Waals surface area (Å²) in [5.74, 6) is 0.553. The quantitative estimate of drug-likeness (QED) is 0.868. The molecular formula is C14H19ClN2O2. The van der Waals surface area contributed by atoms with Gasteiger partial charge in [-0.2, -0.15) is 0 Å². The molecule has 1 aromatic rings. The van der Waals surface area contributed by atoms with Gasteiger partial charge in [0.2, 0.25) is 0 Å². The topological polar surface area (TPSA) is 50.4 Å². The number of hydrogen-bond donors (Lipinski definition) is 2. The largest absolute Gasteiger partial charge is 0.484 e. The van der Waals surface area contributed by atoms with Crippen LogP contribution in [0.2, 0.25) is 5.02 Å². The molecule has 0 spiro atoms. The van der Waals surface area contributed by atoms with E-state index in [2.05, 4.69) is 10.6 Å². The van der Waals surface area contributed by atoms with Crippen LogP contribution in [0.1, 0.15) is 19.3 Å². The maximum Gasteiger partial charge on any atom is 0.257 e. The molecule has 1 heterocycles. The van der Waals surface area contributed by atoms with Crippen LogP contribution >= 0.6 is 11.6 Å². The van der Waals surface area contributed by atoms with E-state index in [0.717, 1.165) is 13.0 Å². The first-order valence-corrected chi connectivity index (χ1v) is 7.00. The second-order valence-electron chi connectivity index (χ2n) is 4.69. The van der Waals surface area contributed by atoms with Crippen LogP contribution in [0.4, 0.5) is 0 Å². The summed E-state index contributed by atoms with van der Waals surface area (Å²) in [5.41, 5.74) is 0. The van der Waals surface area contributed by atoms with E-state index in [0.29, 0.717) is 23.4 Å². The van der Waals surface area contributed by atoms with E-state index in [-0.39, 0.29) is 12.5 Å². The molecule has 0 radical (unpaired) electrons. The zero-order chi connectivity index (χ0) is 13.5. The maximum absolute atomic E-state index is 11.6. The number of ether oxygens (including phenoxy) is 1. The average Bonchev–Trinajstić information content (AvgIpc) is 2.45. The van der Waals surface area contributed by atoms with E-state index in [4.69, 9.17) is 16.3 Å². The van der Waals surface area contributed by atoms with Crippen LogP contribution in [-0.4, -0.2) is 31.6 Å². The van der Waals surface area contributed by atoms with Gasteiger partial charge in [-0.3, -0.25) is 4.79 Å². The summed E-state index contributed by atoms with van der Waals surface area (Å²) >= 11 is 5.77. The molecule has 0 bridgehead atoms. The van der Waals surface area contributed by atoms with Gasteiger partial charge >= 0.3 is 0 Å². The molecule has 19 heavy (non-hydrogen) atoms. The number of benzene rings is 1. The Balaban J connectivity index is 1.65. The highest BCUT2D eigenvalue weighted by atomic mass is 35.5. The molecule has 1 aliphatic rings. The van der Waals surface area contributed by atoms with Crippen molar-refractivity contribution in [1.29, 1.82) is 0 Å². The molecule has 104 valence electrons. The van der Waals surface area contributed by atoms with Gasteiger partial charge in [0.1, 0.15) is 5.75 Å². The van der Waals surface area contributed by atoms with Gasteiger partial charge in [0.05, 0.1) is 0 Å². The van der Waals surface area contributed by atoms with Gasteiger partial charge in [0.15, 0.2) is 6.61 Å². The second kappa shape index (κ2) is 7.36. The summed E-state index contributed by atoms with van der Waals surface area (Å²) < 4.78 is 5.37. The molecule has 1 saturated heterocycles. The van der Waals surface area contributed by atoms with E-state index in [9.17, 15) is 4.79 Å². The van der Waals surface area contributed by atoms with E-state index >= 15 is 0 Å². The first-order valence-electron chi connectivity index (χ1n) is 6.62. The van der Waals surface area contributed by atoms with E-state index in [1.54, 1.807) is 24.3 Å². The summed E-state index contributed by atoms with van der Waals surface area (Å²) in [7, 11) is 0. The molecule has 4 nitrogen and oxygen atoms in total. The number of carbonyl (C=O) groups excluding carboxylic acids is 1. The Morgan fingerprint density at radius 2 is 2.16 bits per heavy atom. The molecule has 0 saturated carbocycles. The van der Waals surface area contributed by atoms with Gasteiger partial charge in [0, 0.05) is 17.6 Å². The third-order valence-corrected chi connectivity index (χ3v) is 3.39. The molecule has 1 aliphatic heterocycles. The SMILES string of the molecule is O=C(COc1ccc(Cl)cc1)NCC1CCCCN1. The number of piperidine rings is 1. The summed E-state index contributed by atoms with van der Waals surface area (Å²) in [4.78, 5) is 11.6. The first-order chi connectivity index (χ1) is 9.24. The van der Waals surface area contributed by atoms with Gasteiger partial charge in [-0.25, -0.2) is 0 Å². The van der Waals surface area contributed by atoms with Gasteiger partial charge in [-0.05, 0) is 43.7 Å². The summed E-state index contributed by atoms with van der Waals surface area (Å²) in [6, 6.07) is 7.37. The molecule has 2 rings (SSSR count). The first kappa shape index (κ1) is 14.2. The van der Waals surface area contributed by atoms with E-state index in [1.165, 1.54) is 12.8 Å². The van der Waals surface area contributed by atoms with Crippen molar-refractivity contribution >= 4 is 17.5 Å². The predicted molar refractivity (Wildman–Crippen MR) is 75.6 cm³/mol. The number of amides is 1. The molecular weight excluding hydrogens is 264 g/mol. The molecule has 5 heteroatoms. The Morgan fingerprint density at radius 3 is 2.84 bits per heavy atom. The van der Waals surface area contributed by atoms with Crippen molar-refractivity contribution < 1.29 is 9.53 Å². The Hall–Kier alpha value is -1.26. The van der Waals surface area contributed by atoms with Crippen LogP contribution < -0.4 is 15.4 Å². The van der Waals surface area contributed by atoms with Crippen LogP contribution in [0.5, 0.6) is 5.75 Å². The minimum absolute atomic E-state index is 0.0361. The second-order valence-corrected chi connectivity index (χ2v) is 5.13. The lowest BCUT2D eigenvalue weighted by Gasteiger charge is -2.23. The Bertz CT molecular complexity index is 402. The van der Waals surface area contributed by atoms with Crippen molar-refractivity contribution in [2.75, 3.05) is 19.7 Å². The molecule has 1 aromatic carbocycles. The monoisotopic (exact) mass is 282 g/mol. The van der Waals surface area contributed by atoms with E-state index < -0.39 is 0 Å². The van der Waals surface area contributed by atoms with E-state index in [1.807, 2.05) is 0 Å². The van der Waals surface area contributed by atoms with Crippen molar-refractivity contribution in [2.45, 2.75) is 25.3 Å². The lowest BCUT2D eigenvalue weighted by atomic mass is 10.1. The van der Waals surface area contributed by atoms with Crippen LogP contribution in [0.15, 0.2) is 24.3 Å². The highest BCUT2D eigenvalue weighted by molar-refractivity contribution is 6.30. The number of nitrogens with one attached hydrogen (secondary N) is 2. The van der Waals surface area contributed by atoms with Crippen LogP contribution in [0, 0.1) is 0 Å². The predicted octanol–water partition coefficient (Wildman–Crippen LogP) is 1.98. The molecule has 1 unspecified atom stereocenters. The average molecular weight is 283 g/mol. The maximum atomic E-state index is 11.6. The number of carbonyl (C=O) groups is 1. The Labute approximate surface area is 118 Å². The van der Waals surface area contributed by atoms with Gasteiger partial charge in [-0.15, -0.1) is 0 Å². The zero-order valence-electron chi connectivity index (χ0n) is 10.8. The molecule has 0 aliphatic carbocycles. The smallest absolute Gasteiger partial charge is 0.257 e. The fourth-order valence-electron chi connectivity index (χ4n) is 2.07. The Morgan fingerprint density at radius 1 is 1.37 bits per heavy atom. The number of halogens is 1. The highest BCUT2D eigenvalue weighted by Crippen LogP contribution is 2.15. The standard InChI is InChI=1S/C14H19ClN2O2/c15-11-4-6-13(7-5-11)19-10-14(18)17-9-12-3-1-2-8-16-12/h4-7,12,16H,1-3,8-10H2,(H,17,18). The van der Waals surface area contributed by atoms with Gasteiger partial charge in [-0.1, -0.05) is 18.0 Å². The lowest BCUT2D eigenvalue weighted by Crippen LogP contribution is -2.44. The van der Waals surface area contributed by atoms with Gasteiger partial charge < -0.3 is 15.4 Å². The molecule has 2 N–H and O–H groups in total. The third-order valence-electron chi connectivity index (χ3n) is 3.14. The summed E-state index contributed by atoms with van der Waals surface area (Å²) in [6.07, 6.45) is 3.58. The zero-order valence-corrected chi connectivity index (χ0v) is 11.6. The normalized spacial score (nSPS) is 18.9. The minimum Gasteiger partial charge on any atom is -0.484 e. The highest BCUT2D eigenvalue weighted by Gasteiger charge is 2.13. The van der Waals surface area contributed by atoms with Crippen molar-refractivity contribution in [2.24, 2.45) is 0 Å². The third kappa shape index (κ3) is 5.09. The van der Waals surface area contributed by atoms with Crippen molar-refractivity contribution in [3.05, 3.63) is 29.3 Å². The number of rotatable bonds is 5. The number of hydrogen-bond acceptors (Lipinski definition) is 3. The van der Waals surface area contributed by atoms with Crippen LogP contribution in [-0.2, 0) is 4.79 Å². The van der Waals surface area contributed by atoms with Crippen molar-refractivity contribution in [3.8, 4) is 5.75 Å². The van der Waals surface area contributed by atoms with Crippen LogP contribution in [0.3, 0.4) is 0 Å². The Kier molecular flexibility index (Phi) is 5.48. The molecule has 0 aromatic heterocycles. The lowest BCUT2D eigenvalue weighted by molar-refractivity contribution is -0.123. The van der Waals surface area contributed by atoms with Gasteiger partial charge in [0.25, 0.3) is 5.91 Å².